The number of hydrogen-bond acceptors (Lipinski definition) is 12. The number of rotatable bonds is 11. The van der Waals surface area contributed by atoms with Gasteiger partial charge >= 0.3 is 0 Å². The van der Waals surface area contributed by atoms with Crippen molar-refractivity contribution in [2.24, 2.45) is 0 Å². The normalized spacial score (nSPS) is 19.6. The van der Waals surface area contributed by atoms with Crippen molar-refractivity contribution in [2.45, 2.75) is 50.9 Å². The topological polar surface area (TPSA) is 152 Å². The first-order valence-corrected chi connectivity index (χ1v) is 22.8. The van der Waals surface area contributed by atoms with Crippen LogP contribution in [0.15, 0.2) is 66.9 Å². The molecule has 0 spiro atoms. The number of carbonyl (C=O) groups excluding carboxylic acids is 3. The van der Waals surface area contributed by atoms with Gasteiger partial charge in [-0.3, -0.25) is 29.5 Å². The Balaban J connectivity index is 0.826. The van der Waals surface area contributed by atoms with Gasteiger partial charge in [-0.15, -0.1) is 0 Å². The number of amides is 3. The molecule has 5 heterocycles. The number of carbonyl (C=O) groups is 3. The van der Waals surface area contributed by atoms with Crippen LogP contribution in [0.25, 0.3) is 0 Å². The minimum atomic E-state index is -2.55. The highest BCUT2D eigenvalue weighted by Crippen LogP contribution is 2.39. The number of aromatic nitrogens is 2. The molecule has 1 atom stereocenters. The minimum Gasteiger partial charge on any atom is -0.494 e. The number of benzene rings is 3. The Kier molecular flexibility index (Phi) is 11.5. The number of imide groups is 1. The number of piperazine rings is 1. The summed E-state index contributed by atoms with van der Waals surface area (Å²) in [5.41, 5.74) is 5.27. The average molecular weight is 826 g/mol. The number of nitrogens with zero attached hydrogens (tertiary/aromatic N) is 6. The Morgan fingerprint density at radius 3 is 2.43 bits per heavy atom. The molecule has 1 unspecified atom stereocenters. The summed E-state index contributed by atoms with van der Waals surface area (Å²) in [6.07, 6.45) is 4.30. The van der Waals surface area contributed by atoms with E-state index < -0.39 is 13.2 Å². The summed E-state index contributed by atoms with van der Waals surface area (Å²) in [5, 5.41) is 9.96. The van der Waals surface area contributed by atoms with E-state index in [0.717, 1.165) is 80.9 Å². The van der Waals surface area contributed by atoms with Crippen molar-refractivity contribution in [3.05, 3.63) is 88.6 Å². The molecule has 3 saturated heterocycles. The van der Waals surface area contributed by atoms with Crippen molar-refractivity contribution in [3.8, 4) is 5.75 Å². The van der Waals surface area contributed by atoms with Gasteiger partial charge in [0.05, 0.1) is 24.7 Å². The highest BCUT2D eigenvalue weighted by Gasteiger charge is 2.39. The Bertz CT molecular complexity index is 2270. The lowest BCUT2D eigenvalue weighted by molar-refractivity contribution is -0.136. The SMILES string of the molecule is COc1cc(N2CCC(N3CCN(Cc4ccc5c(c4)CN(C4CCC(=O)NC4=O)C5=O)CC3)CC2)ccc1Nc1ncc(Cl)c(Nc2ccccc2P(C)(C)=O)n1. The van der Waals surface area contributed by atoms with Crippen LogP contribution >= 0.6 is 18.7 Å². The molecule has 4 aliphatic rings. The second-order valence-corrected chi connectivity index (χ2v) is 19.4. The molecule has 4 aliphatic heterocycles. The zero-order valence-electron chi connectivity index (χ0n) is 33.0. The largest absolute Gasteiger partial charge is 0.494 e. The van der Waals surface area contributed by atoms with Crippen LogP contribution < -0.4 is 30.9 Å². The van der Waals surface area contributed by atoms with Crippen LogP contribution in [0, 0.1) is 0 Å². The molecule has 16 heteroatoms. The third kappa shape index (κ3) is 8.56. The monoisotopic (exact) mass is 825 g/mol. The maximum atomic E-state index is 13.1. The molecule has 0 aliphatic carbocycles. The first-order valence-electron chi connectivity index (χ1n) is 19.8. The van der Waals surface area contributed by atoms with E-state index >= 15 is 0 Å². The van der Waals surface area contributed by atoms with Gasteiger partial charge in [-0.2, -0.15) is 4.98 Å². The minimum absolute atomic E-state index is 0.137. The smallest absolute Gasteiger partial charge is 0.255 e. The first kappa shape index (κ1) is 39.8. The van der Waals surface area contributed by atoms with E-state index in [1.54, 1.807) is 25.3 Å². The molecule has 8 rings (SSSR count). The van der Waals surface area contributed by atoms with Gasteiger partial charge in [-0.1, -0.05) is 35.9 Å². The summed E-state index contributed by atoms with van der Waals surface area (Å²) < 4.78 is 18.7. The number of hydrogen-bond donors (Lipinski definition) is 3. The van der Waals surface area contributed by atoms with E-state index in [9.17, 15) is 18.9 Å². The van der Waals surface area contributed by atoms with Gasteiger partial charge in [0, 0.05) is 87.4 Å². The number of para-hydroxylation sites is 1. The molecule has 3 aromatic carbocycles. The van der Waals surface area contributed by atoms with Gasteiger partial charge in [0.25, 0.3) is 5.91 Å². The van der Waals surface area contributed by atoms with Gasteiger partial charge in [-0.25, -0.2) is 4.98 Å². The molecule has 0 saturated carbocycles. The lowest BCUT2D eigenvalue weighted by Gasteiger charge is -2.43. The van der Waals surface area contributed by atoms with Gasteiger partial charge < -0.3 is 29.7 Å². The summed E-state index contributed by atoms with van der Waals surface area (Å²) in [4.78, 5) is 55.4. The molecule has 3 fully saturated rings. The Morgan fingerprint density at radius 1 is 0.914 bits per heavy atom. The molecule has 0 radical (unpaired) electrons. The van der Waals surface area contributed by atoms with Crippen LogP contribution in [0.1, 0.15) is 47.2 Å². The lowest BCUT2D eigenvalue weighted by atomic mass is 10.0. The zero-order chi connectivity index (χ0) is 40.6. The predicted molar refractivity (Wildman–Crippen MR) is 227 cm³/mol. The van der Waals surface area contributed by atoms with Crippen LogP contribution in [0.3, 0.4) is 0 Å². The van der Waals surface area contributed by atoms with E-state index in [1.165, 1.54) is 11.8 Å². The number of methoxy groups -OCH3 is 1. The highest BCUT2D eigenvalue weighted by atomic mass is 35.5. The van der Waals surface area contributed by atoms with Crippen molar-refractivity contribution in [2.75, 3.05) is 75.2 Å². The van der Waals surface area contributed by atoms with Crippen molar-refractivity contribution < 1.29 is 23.7 Å². The van der Waals surface area contributed by atoms with E-state index in [1.807, 2.05) is 48.5 Å². The predicted octanol–water partition coefficient (Wildman–Crippen LogP) is 5.42. The summed E-state index contributed by atoms with van der Waals surface area (Å²) in [5.74, 6) is 0.620. The Hall–Kier alpha value is -5.01. The summed E-state index contributed by atoms with van der Waals surface area (Å²) >= 11 is 6.48. The van der Waals surface area contributed by atoms with Crippen LogP contribution in [0.2, 0.25) is 5.02 Å². The molecule has 3 amide bonds. The number of piperidine rings is 2. The lowest BCUT2D eigenvalue weighted by Crippen LogP contribution is -2.53. The number of ether oxygens (including phenoxy) is 1. The quantitative estimate of drug-likeness (QED) is 0.131. The van der Waals surface area contributed by atoms with Gasteiger partial charge in [-0.05, 0) is 74.1 Å². The Labute approximate surface area is 343 Å². The summed E-state index contributed by atoms with van der Waals surface area (Å²) in [6, 6.07) is 19.5. The van der Waals surface area contributed by atoms with Crippen LogP contribution in [0.5, 0.6) is 5.75 Å². The molecular formula is C42H49ClN9O5P. The van der Waals surface area contributed by atoms with E-state index in [-0.39, 0.29) is 24.1 Å². The number of halogens is 1. The fourth-order valence-electron chi connectivity index (χ4n) is 8.55. The standard InChI is InChI=1S/C42H49ClN9O5P/c1-57-36-23-30(9-11-33(36)46-42-44-24-32(43)39(48-42)45-34-6-4-5-7-37(34)58(2,3)56)50-16-14-29(15-17-50)51-20-18-49(19-21-51)25-27-8-10-31-28(22-27)26-52(41(31)55)35-12-13-38(53)47-40(35)54/h4-11,22-24,29,35H,12-21,25-26H2,1-3H3,(H,47,53,54)(H2,44,45,46,48). The van der Waals surface area contributed by atoms with Gasteiger partial charge in [0.2, 0.25) is 17.8 Å². The maximum Gasteiger partial charge on any atom is 0.255 e. The second-order valence-electron chi connectivity index (χ2n) is 15.8. The molecule has 58 heavy (non-hydrogen) atoms. The Morgan fingerprint density at radius 2 is 1.69 bits per heavy atom. The number of fused-ring (bicyclic) bond motifs is 1. The molecule has 3 N–H and O–H groups in total. The van der Waals surface area contributed by atoms with Crippen LogP contribution in [-0.4, -0.2) is 114 Å². The summed E-state index contributed by atoms with van der Waals surface area (Å²) in [7, 11) is -0.895. The molecule has 14 nitrogen and oxygen atoms in total. The van der Waals surface area contributed by atoms with Gasteiger partial charge in [0.15, 0.2) is 5.82 Å². The van der Waals surface area contributed by atoms with Crippen molar-refractivity contribution in [3.63, 3.8) is 0 Å². The van der Waals surface area contributed by atoms with Crippen molar-refractivity contribution >= 4 is 70.6 Å². The van der Waals surface area contributed by atoms with Crippen molar-refractivity contribution in [1.82, 2.24) is 30.0 Å². The molecule has 304 valence electrons. The highest BCUT2D eigenvalue weighted by molar-refractivity contribution is 7.70. The van der Waals surface area contributed by atoms with E-state index in [2.05, 4.69) is 52.8 Å². The van der Waals surface area contributed by atoms with E-state index in [0.29, 0.717) is 52.8 Å². The number of nitrogens with one attached hydrogen (secondary N) is 3. The summed E-state index contributed by atoms with van der Waals surface area (Å²) in [6.45, 7) is 10.6. The van der Waals surface area contributed by atoms with E-state index in [4.69, 9.17) is 16.3 Å². The van der Waals surface area contributed by atoms with Crippen LogP contribution in [0.4, 0.5) is 28.8 Å². The average Bonchev–Trinajstić information content (AvgIpc) is 3.54. The molecule has 0 bridgehead atoms. The molecule has 1 aromatic heterocycles. The zero-order valence-corrected chi connectivity index (χ0v) is 34.7. The van der Waals surface area contributed by atoms with Crippen LogP contribution in [-0.2, 0) is 27.2 Å². The molecular weight excluding hydrogens is 777 g/mol. The second kappa shape index (κ2) is 16.7. The van der Waals surface area contributed by atoms with Gasteiger partial charge in [0.1, 0.15) is 24.0 Å². The third-order valence-electron chi connectivity index (χ3n) is 11.7. The number of anilines is 5. The molecule has 4 aromatic rings. The third-order valence-corrected chi connectivity index (χ3v) is 13.5. The fraction of sp³-hybridized carbons (Fsp3) is 0.405. The first-order chi connectivity index (χ1) is 27.9. The fourth-order valence-corrected chi connectivity index (χ4v) is 9.85. The maximum absolute atomic E-state index is 13.1. The van der Waals surface area contributed by atoms with Crippen molar-refractivity contribution in [1.29, 1.82) is 0 Å².